The van der Waals surface area contributed by atoms with Gasteiger partial charge < -0.3 is 20.3 Å². The summed E-state index contributed by atoms with van der Waals surface area (Å²) in [6.45, 7) is -0.476. The number of halogens is 1. The van der Waals surface area contributed by atoms with Crippen LogP contribution in [0.2, 0.25) is 5.02 Å². The van der Waals surface area contributed by atoms with Crippen molar-refractivity contribution in [2.75, 3.05) is 20.8 Å². The van der Waals surface area contributed by atoms with Crippen LogP contribution in [0.1, 0.15) is 11.6 Å². The van der Waals surface area contributed by atoms with E-state index >= 15 is 0 Å². The van der Waals surface area contributed by atoms with E-state index in [0.29, 0.717) is 0 Å². The van der Waals surface area contributed by atoms with Crippen LogP contribution in [0.15, 0.2) is 6.07 Å². The first-order valence-electron chi connectivity index (χ1n) is 4.93. The maximum Gasteiger partial charge on any atom is 0.321 e. The van der Waals surface area contributed by atoms with Gasteiger partial charge >= 0.3 is 5.69 Å². The molecule has 100 valence electrons. The van der Waals surface area contributed by atoms with Gasteiger partial charge in [0.25, 0.3) is 0 Å². The molecule has 0 bridgehead atoms. The lowest BCUT2D eigenvalue weighted by Crippen LogP contribution is -2.17. The Morgan fingerprint density at radius 1 is 1.56 bits per heavy atom. The Morgan fingerprint density at radius 2 is 2.17 bits per heavy atom. The second kappa shape index (κ2) is 5.85. The molecule has 1 atom stereocenters. The number of nitrogens with two attached hydrogens (primary N) is 1. The van der Waals surface area contributed by atoms with Crippen LogP contribution in [0, 0.1) is 10.1 Å². The molecule has 0 saturated carbocycles. The number of benzene rings is 1. The molecule has 0 saturated heterocycles. The first-order valence-corrected chi connectivity index (χ1v) is 5.30. The topological polar surface area (TPSA) is 108 Å². The predicted molar refractivity (Wildman–Crippen MR) is 65.2 cm³/mol. The van der Waals surface area contributed by atoms with Crippen molar-refractivity contribution in [1.29, 1.82) is 0 Å². The van der Waals surface area contributed by atoms with E-state index in [9.17, 15) is 10.1 Å². The Labute approximate surface area is 108 Å². The molecule has 0 aliphatic heterocycles. The normalized spacial score (nSPS) is 12.1. The van der Waals surface area contributed by atoms with Crippen molar-refractivity contribution in [2.24, 2.45) is 5.73 Å². The second-order valence-corrected chi connectivity index (χ2v) is 3.81. The molecular formula is C10H13ClN2O5. The maximum atomic E-state index is 11.1. The van der Waals surface area contributed by atoms with Crippen molar-refractivity contribution in [3.63, 3.8) is 0 Å². The van der Waals surface area contributed by atoms with Crippen LogP contribution >= 0.6 is 11.6 Å². The molecule has 0 aliphatic carbocycles. The zero-order valence-electron chi connectivity index (χ0n) is 9.84. The van der Waals surface area contributed by atoms with Crippen molar-refractivity contribution in [1.82, 2.24) is 0 Å². The fourth-order valence-electron chi connectivity index (χ4n) is 1.58. The average molecular weight is 277 g/mol. The molecule has 0 aromatic heterocycles. The minimum absolute atomic E-state index is 0.0156. The van der Waals surface area contributed by atoms with E-state index in [-0.39, 0.29) is 22.1 Å². The summed E-state index contributed by atoms with van der Waals surface area (Å²) in [6, 6.07) is 0.385. The zero-order valence-corrected chi connectivity index (χ0v) is 10.6. The summed E-state index contributed by atoms with van der Waals surface area (Å²) < 4.78 is 9.92. The number of hydrogen-bond acceptors (Lipinski definition) is 6. The van der Waals surface area contributed by atoms with E-state index < -0.39 is 23.3 Å². The largest absolute Gasteiger partial charge is 0.493 e. The fourth-order valence-corrected chi connectivity index (χ4v) is 1.91. The highest BCUT2D eigenvalue weighted by atomic mass is 35.5. The van der Waals surface area contributed by atoms with Gasteiger partial charge in [-0.3, -0.25) is 10.1 Å². The third kappa shape index (κ3) is 2.47. The molecule has 0 heterocycles. The lowest BCUT2D eigenvalue weighted by molar-refractivity contribution is -0.386. The van der Waals surface area contributed by atoms with Crippen LogP contribution in [0.5, 0.6) is 11.5 Å². The number of nitrogens with zero attached hydrogens (tertiary/aromatic N) is 1. The summed E-state index contributed by atoms with van der Waals surface area (Å²) in [6.07, 6.45) is 0. The Morgan fingerprint density at radius 3 is 2.56 bits per heavy atom. The summed E-state index contributed by atoms with van der Waals surface area (Å²) in [5, 5.41) is 20.2. The molecule has 8 heteroatoms. The van der Waals surface area contributed by atoms with Gasteiger partial charge in [0.1, 0.15) is 0 Å². The third-order valence-corrected chi connectivity index (χ3v) is 2.70. The standard InChI is InChI=1S/C10H13ClN2O5/c1-17-7-3-5(11)8(6(12)4-14)9(13(15)16)10(7)18-2/h3,6,14H,4,12H2,1-2H3/t6-/m1/s1. The summed E-state index contributed by atoms with van der Waals surface area (Å²) in [5.41, 5.74) is 5.23. The highest BCUT2D eigenvalue weighted by Gasteiger charge is 2.31. The fraction of sp³-hybridized carbons (Fsp3) is 0.400. The molecule has 0 fully saturated rings. The Kier molecular flexibility index (Phi) is 4.71. The summed E-state index contributed by atoms with van der Waals surface area (Å²) >= 11 is 5.93. The van der Waals surface area contributed by atoms with E-state index in [1.54, 1.807) is 0 Å². The monoisotopic (exact) mass is 276 g/mol. The van der Waals surface area contributed by atoms with Crippen LogP contribution in [0.25, 0.3) is 0 Å². The Hall–Kier alpha value is -1.57. The first kappa shape index (κ1) is 14.5. The minimum Gasteiger partial charge on any atom is -0.493 e. The smallest absolute Gasteiger partial charge is 0.321 e. The minimum atomic E-state index is -0.974. The van der Waals surface area contributed by atoms with Crippen LogP contribution in [-0.2, 0) is 0 Å². The molecule has 1 aromatic carbocycles. The van der Waals surface area contributed by atoms with Gasteiger partial charge in [-0.05, 0) is 0 Å². The SMILES string of the molecule is COc1cc(Cl)c([C@H](N)CO)c([N+](=O)[O-])c1OC. The van der Waals surface area contributed by atoms with E-state index in [1.165, 1.54) is 20.3 Å². The summed E-state index contributed by atoms with van der Waals surface area (Å²) in [5.74, 6) is 0.0499. The number of ether oxygens (including phenoxy) is 2. The third-order valence-electron chi connectivity index (χ3n) is 2.38. The molecule has 0 unspecified atom stereocenters. The first-order chi connectivity index (χ1) is 8.47. The zero-order chi connectivity index (χ0) is 13.9. The van der Waals surface area contributed by atoms with Crippen molar-refractivity contribution in [3.05, 3.63) is 26.8 Å². The van der Waals surface area contributed by atoms with Gasteiger partial charge in [0.2, 0.25) is 5.75 Å². The van der Waals surface area contributed by atoms with Gasteiger partial charge in [0.05, 0.1) is 42.4 Å². The highest BCUT2D eigenvalue weighted by molar-refractivity contribution is 6.32. The van der Waals surface area contributed by atoms with Crippen LogP contribution in [0.4, 0.5) is 5.69 Å². The predicted octanol–water partition coefficient (Wildman–Crippen LogP) is 1.26. The Bertz CT molecular complexity index is 466. The molecule has 0 radical (unpaired) electrons. The van der Waals surface area contributed by atoms with E-state index in [1.807, 2.05) is 0 Å². The van der Waals surface area contributed by atoms with Gasteiger partial charge in [-0.1, -0.05) is 11.6 Å². The number of aliphatic hydroxyl groups excluding tert-OH is 1. The van der Waals surface area contributed by atoms with Crippen LogP contribution in [-0.4, -0.2) is 30.9 Å². The van der Waals surface area contributed by atoms with Gasteiger partial charge in [-0.2, -0.15) is 0 Å². The molecule has 1 rings (SSSR count). The van der Waals surface area contributed by atoms with Gasteiger partial charge in [-0.15, -0.1) is 0 Å². The number of methoxy groups -OCH3 is 2. The summed E-state index contributed by atoms with van der Waals surface area (Å²) in [7, 11) is 2.61. The molecule has 3 N–H and O–H groups in total. The number of nitro groups is 1. The number of aliphatic hydroxyl groups is 1. The number of hydrogen-bond donors (Lipinski definition) is 2. The van der Waals surface area contributed by atoms with Gasteiger partial charge in [0, 0.05) is 6.07 Å². The lowest BCUT2D eigenvalue weighted by Gasteiger charge is -2.15. The van der Waals surface area contributed by atoms with E-state index in [2.05, 4.69) is 0 Å². The highest BCUT2D eigenvalue weighted by Crippen LogP contribution is 2.45. The summed E-state index contributed by atoms with van der Waals surface area (Å²) in [4.78, 5) is 10.4. The lowest BCUT2D eigenvalue weighted by atomic mass is 10.0. The van der Waals surface area contributed by atoms with E-state index in [4.69, 9.17) is 31.9 Å². The van der Waals surface area contributed by atoms with Crippen molar-refractivity contribution in [3.8, 4) is 11.5 Å². The van der Waals surface area contributed by atoms with Crippen molar-refractivity contribution < 1.29 is 19.5 Å². The molecule has 0 aliphatic rings. The second-order valence-electron chi connectivity index (χ2n) is 3.40. The van der Waals surface area contributed by atoms with Crippen LogP contribution in [0.3, 0.4) is 0 Å². The van der Waals surface area contributed by atoms with E-state index in [0.717, 1.165) is 0 Å². The quantitative estimate of drug-likeness (QED) is 0.619. The average Bonchev–Trinajstić information content (AvgIpc) is 2.36. The molecule has 18 heavy (non-hydrogen) atoms. The molecule has 0 amide bonds. The molecular weight excluding hydrogens is 264 g/mol. The van der Waals surface area contributed by atoms with Gasteiger partial charge in [-0.25, -0.2) is 0 Å². The number of rotatable bonds is 5. The molecule has 1 aromatic rings. The number of nitro benzene ring substituents is 1. The van der Waals surface area contributed by atoms with Crippen LogP contribution < -0.4 is 15.2 Å². The molecule has 0 spiro atoms. The Balaban J connectivity index is 3.64. The van der Waals surface area contributed by atoms with Crippen molar-refractivity contribution in [2.45, 2.75) is 6.04 Å². The maximum absolute atomic E-state index is 11.1. The molecule has 7 nitrogen and oxygen atoms in total. The van der Waals surface area contributed by atoms with Crippen molar-refractivity contribution >= 4 is 17.3 Å². The van der Waals surface area contributed by atoms with Gasteiger partial charge in [0.15, 0.2) is 5.75 Å².